The van der Waals surface area contributed by atoms with Gasteiger partial charge in [0.2, 0.25) is 0 Å². The summed E-state index contributed by atoms with van der Waals surface area (Å²) in [5.74, 6) is -0.465. The van der Waals surface area contributed by atoms with E-state index in [1.54, 1.807) is 6.07 Å². The highest BCUT2D eigenvalue weighted by atomic mass is 35.5. The maximum atomic E-state index is 13.8. The van der Waals surface area contributed by atoms with E-state index in [1.807, 2.05) is 20.8 Å². The summed E-state index contributed by atoms with van der Waals surface area (Å²) in [6, 6.07) is 8.59. The fraction of sp³-hybridized carbons (Fsp3) is 0.294. The Morgan fingerprint density at radius 1 is 1.15 bits per heavy atom. The molecule has 1 unspecified atom stereocenters. The molecular formula is C17H18ClFO. The topological polar surface area (TPSA) is 20.2 Å². The van der Waals surface area contributed by atoms with Gasteiger partial charge in [0.1, 0.15) is 5.82 Å². The lowest BCUT2D eigenvalue weighted by atomic mass is 9.93. The molecule has 0 aromatic heterocycles. The van der Waals surface area contributed by atoms with Gasteiger partial charge < -0.3 is 5.11 Å². The molecule has 0 fully saturated rings. The molecule has 0 spiro atoms. The van der Waals surface area contributed by atoms with Crippen molar-refractivity contribution in [3.63, 3.8) is 0 Å². The van der Waals surface area contributed by atoms with E-state index in [0.29, 0.717) is 6.42 Å². The number of aryl methyl sites for hydroxylation is 3. The highest BCUT2D eigenvalue weighted by Gasteiger charge is 2.18. The molecule has 0 aliphatic carbocycles. The van der Waals surface area contributed by atoms with Gasteiger partial charge in [0.15, 0.2) is 0 Å². The van der Waals surface area contributed by atoms with Crippen LogP contribution in [0.5, 0.6) is 0 Å². The van der Waals surface area contributed by atoms with Crippen molar-refractivity contribution < 1.29 is 9.50 Å². The van der Waals surface area contributed by atoms with E-state index >= 15 is 0 Å². The van der Waals surface area contributed by atoms with Crippen LogP contribution in [-0.2, 0) is 6.42 Å². The zero-order chi connectivity index (χ0) is 14.9. The van der Waals surface area contributed by atoms with Gasteiger partial charge in [-0.25, -0.2) is 4.39 Å². The summed E-state index contributed by atoms with van der Waals surface area (Å²) < 4.78 is 13.8. The quantitative estimate of drug-likeness (QED) is 0.871. The van der Waals surface area contributed by atoms with Crippen molar-refractivity contribution in [2.45, 2.75) is 33.3 Å². The average molecular weight is 293 g/mol. The lowest BCUT2D eigenvalue weighted by molar-refractivity contribution is 0.173. The monoisotopic (exact) mass is 292 g/mol. The summed E-state index contributed by atoms with van der Waals surface area (Å²) in [4.78, 5) is 0. The summed E-state index contributed by atoms with van der Waals surface area (Å²) in [6.07, 6.45) is -0.581. The van der Waals surface area contributed by atoms with Crippen LogP contribution in [-0.4, -0.2) is 5.11 Å². The van der Waals surface area contributed by atoms with Gasteiger partial charge >= 0.3 is 0 Å². The minimum Gasteiger partial charge on any atom is -0.388 e. The molecule has 1 nitrogen and oxygen atoms in total. The van der Waals surface area contributed by atoms with Crippen molar-refractivity contribution in [3.8, 4) is 0 Å². The molecule has 0 saturated carbocycles. The number of halogens is 2. The Morgan fingerprint density at radius 3 is 2.30 bits per heavy atom. The van der Waals surface area contributed by atoms with Crippen LogP contribution in [0.4, 0.5) is 4.39 Å². The third-order valence-electron chi connectivity index (χ3n) is 3.57. The van der Waals surface area contributed by atoms with E-state index in [4.69, 9.17) is 11.6 Å². The molecule has 3 heteroatoms. The van der Waals surface area contributed by atoms with Gasteiger partial charge in [0.05, 0.1) is 6.10 Å². The fourth-order valence-electron chi connectivity index (χ4n) is 2.66. The Morgan fingerprint density at radius 2 is 1.75 bits per heavy atom. The van der Waals surface area contributed by atoms with Crippen LogP contribution in [0.2, 0.25) is 5.02 Å². The second-order valence-corrected chi connectivity index (χ2v) is 5.64. The number of hydrogen-bond acceptors (Lipinski definition) is 1. The molecular weight excluding hydrogens is 275 g/mol. The van der Waals surface area contributed by atoms with Crippen LogP contribution in [0.3, 0.4) is 0 Å². The number of hydrogen-bond donors (Lipinski definition) is 1. The highest BCUT2D eigenvalue weighted by molar-refractivity contribution is 6.31. The van der Waals surface area contributed by atoms with Gasteiger partial charge in [-0.15, -0.1) is 0 Å². The summed E-state index contributed by atoms with van der Waals surface area (Å²) >= 11 is 6.00. The summed E-state index contributed by atoms with van der Waals surface area (Å²) in [7, 11) is 0. The second-order valence-electron chi connectivity index (χ2n) is 5.23. The van der Waals surface area contributed by atoms with E-state index in [-0.39, 0.29) is 10.6 Å². The Hall–Kier alpha value is -1.38. The van der Waals surface area contributed by atoms with Crippen LogP contribution in [0.1, 0.15) is 33.9 Å². The first-order chi connectivity index (χ1) is 9.40. The summed E-state index contributed by atoms with van der Waals surface area (Å²) in [5, 5.41) is 10.6. The van der Waals surface area contributed by atoms with Crippen LogP contribution in [0, 0.1) is 26.6 Å². The minimum absolute atomic E-state index is 0.175. The van der Waals surface area contributed by atoms with Gasteiger partial charge in [-0.2, -0.15) is 0 Å². The third-order valence-corrected chi connectivity index (χ3v) is 3.90. The van der Waals surface area contributed by atoms with E-state index in [2.05, 4.69) is 12.1 Å². The smallest absolute Gasteiger partial charge is 0.130 e. The molecule has 106 valence electrons. The molecule has 2 aromatic carbocycles. The molecule has 20 heavy (non-hydrogen) atoms. The highest BCUT2D eigenvalue weighted by Crippen LogP contribution is 2.30. The molecule has 0 radical (unpaired) electrons. The largest absolute Gasteiger partial charge is 0.388 e. The van der Waals surface area contributed by atoms with Crippen molar-refractivity contribution in [1.29, 1.82) is 0 Å². The molecule has 0 saturated heterocycles. The van der Waals surface area contributed by atoms with Crippen LogP contribution >= 0.6 is 11.6 Å². The van der Waals surface area contributed by atoms with Gasteiger partial charge in [-0.05, 0) is 49.6 Å². The molecule has 0 amide bonds. The summed E-state index contributed by atoms with van der Waals surface area (Å²) in [5.41, 5.74) is 4.61. The zero-order valence-corrected chi connectivity index (χ0v) is 12.6. The van der Waals surface area contributed by atoms with E-state index in [1.165, 1.54) is 17.7 Å². The minimum atomic E-state index is -0.941. The van der Waals surface area contributed by atoms with Crippen molar-refractivity contribution in [1.82, 2.24) is 0 Å². The Labute approximate surface area is 124 Å². The molecule has 0 aliphatic heterocycles. The second kappa shape index (κ2) is 5.94. The van der Waals surface area contributed by atoms with Crippen molar-refractivity contribution in [2.75, 3.05) is 0 Å². The third kappa shape index (κ3) is 3.02. The summed E-state index contributed by atoms with van der Waals surface area (Å²) in [6.45, 7) is 6.05. The molecule has 1 N–H and O–H groups in total. The molecule has 0 bridgehead atoms. The van der Waals surface area contributed by atoms with Gasteiger partial charge in [-0.1, -0.05) is 35.4 Å². The van der Waals surface area contributed by atoms with Crippen molar-refractivity contribution >= 4 is 11.6 Å². The SMILES string of the molecule is Cc1cc(C)c(CC(O)c2c(F)cccc2Cl)c(C)c1. The first-order valence-electron chi connectivity index (χ1n) is 6.59. The van der Waals surface area contributed by atoms with Crippen molar-refractivity contribution in [3.05, 3.63) is 69.0 Å². The predicted molar refractivity (Wildman–Crippen MR) is 80.7 cm³/mol. The predicted octanol–water partition coefficient (Wildman–Crippen LogP) is 4.68. The van der Waals surface area contributed by atoms with E-state index in [0.717, 1.165) is 16.7 Å². The fourth-order valence-corrected chi connectivity index (χ4v) is 2.95. The molecule has 0 aliphatic rings. The lowest BCUT2D eigenvalue weighted by Crippen LogP contribution is -2.08. The molecule has 2 rings (SSSR count). The van der Waals surface area contributed by atoms with Crippen LogP contribution < -0.4 is 0 Å². The van der Waals surface area contributed by atoms with Gasteiger partial charge in [0, 0.05) is 17.0 Å². The van der Waals surface area contributed by atoms with E-state index < -0.39 is 11.9 Å². The maximum Gasteiger partial charge on any atom is 0.130 e. The number of aliphatic hydroxyl groups is 1. The first-order valence-corrected chi connectivity index (χ1v) is 6.96. The Kier molecular flexibility index (Phi) is 4.46. The van der Waals surface area contributed by atoms with Crippen molar-refractivity contribution in [2.24, 2.45) is 0 Å². The Bertz CT molecular complexity index is 594. The van der Waals surface area contributed by atoms with E-state index in [9.17, 15) is 9.50 Å². The lowest BCUT2D eigenvalue weighted by Gasteiger charge is -2.17. The first kappa shape index (κ1) is 15.0. The number of aliphatic hydroxyl groups excluding tert-OH is 1. The van der Waals surface area contributed by atoms with Crippen LogP contribution in [0.25, 0.3) is 0 Å². The zero-order valence-electron chi connectivity index (χ0n) is 11.9. The standard InChI is InChI=1S/C17H18ClFO/c1-10-7-11(2)13(12(3)8-10)9-16(20)17-14(18)5-4-6-15(17)19/h4-8,16,20H,9H2,1-3H3. The normalized spacial score (nSPS) is 12.5. The molecule has 2 aromatic rings. The average Bonchev–Trinajstić information content (AvgIpc) is 2.33. The maximum absolute atomic E-state index is 13.8. The number of benzene rings is 2. The van der Waals surface area contributed by atoms with Crippen LogP contribution in [0.15, 0.2) is 30.3 Å². The molecule has 0 heterocycles. The number of rotatable bonds is 3. The van der Waals surface area contributed by atoms with Gasteiger partial charge in [0.25, 0.3) is 0 Å². The molecule has 1 atom stereocenters. The Balaban J connectivity index is 2.35. The van der Waals surface area contributed by atoms with Gasteiger partial charge in [-0.3, -0.25) is 0 Å².